The molecule has 0 aliphatic carbocycles. The van der Waals surface area contributed by atoms with Gasteiger partial charge in [-0.1, -0.05) is 0 Å². The summed E-state index contributed by atoms with van der Waals surface area (Å²) in [5.74, 6) is 1.04. The third-order valence-electron chi connectivity index (χ3n) is 7.06. The number of pyridine rings is 1. The summed E-state index contributed by atoms with van der Waals surface area (Å²) in [5, 5.41) is 7.67. The van der Waals surface area contributed by atoms with Gasteiger partial charge in [0.1, 0.15) is 11.4 Å². The van der Waals surface area contributed by atoms with Crippen molar-refractivity contribution in [3.05, 3.63) is 47.3 Å². The Labute approximate surface area is 210 Å². The predicted molar refractivity (Wildman–Crippen MR) is 133 cm³/mol. The fraction of sp³-hybridized carbons (Fsp3) is 0.542. The molecule has 1 fully saturated rings. The number of anilines is 1. The lowest BCUT2D eigenvalue weighted by Gasteiger charge is -2.36. The molecule has 2 aliphatic heterocycles. The Balaban J connectivity index is 1.51. The molecule has 4 atom stereocenters. The largest absolute Gasteiger partial charge is 0.376 e. The van der Waals surface area contributed by atoms with E-state index in [1.54, 1.807) is 25.5 Å². The van der Waals surface area contributed by atoms with E-state index in [4.69, 9.17) is 9.47 Å². The zero-order chi connectivity index (χ0) is 25.4. The van der Waals surface area contributed by atoms with Gasteiger partial charge in [-0.05, 0) is 63.1 Å². The van der Waals surface area contributed by atoms with E-state index in [1.807, 2.05) is 24.6 Å². The summed E-state index contributed by atoms with van der Waals surface area (Å²) in [6.45, 7) is 6.14. The Hall–Kier alpha value is -2.96. The van der Waals surface area contributed by atoms with Crippen molar-refractivity contribution in [1.82, 2.24) is 29.7 Å². The van der Waals surface area contributed by atoms with Gasteiger partial charge < -0.3 is 9.47 Å². The number of aryl methyl sites for hydroxylation is 2. The maximum atomic E-state index is 13.5. The van der Waals surface area contributed by atoms with E-state index >= 15 is 0 Å². The molecule has 5 rings (SSSR count). The zero-order valence-corrected chi connectivity index (χ0v) is 21.7. The fourth-order valence-electron chi connectivity index (χ4n) is 5.02. The highest BCUT2D eigenvalue weighted by Gasteiger charge is 2.39. The van der Waals surface area contributed by atoms with E-state index in [9.17, 15) is 8.42 Å². The first-order valence-electron chi connectivity index (χ1n) is 12.1. The molecule has 1 saturated heterocycles. The number of fused-ring (bicyclic) bond motifs is 3. The third-order valence-corrected chi connectivity index (χ3v) is 8.75. The van der Waals surface area contributed by atoms with Crippen LogP contribution in [0.3, 0.4) is 0 Å². The number of nitrogens with zero attached hydrogens (tertiary/aromatic N) is 6. The van der Waals surface area contributed by atoms with Gasteiger partial charge in [0.15, 0.2) is 11.6 Å². The van der Waals surface area contributed by atoms with Crippen LogP contribution in [0.25, 0.3) is 11.4 Å². The zero-order valence-electron chi connectivity index (χ0n) is 20.9. The normalized spacial score (nSPS) is 21.3. The lowest BCUT2D eigenvalue weighted by Crippen LogP contribution is -2.37. The first-order valence-corrected chi connectivity index (χ1v) is 13.7. The Morgan fingerprint density at radius 1 is 1.14 bits per heavy atom. The second kappa shape index (κ2) is 9.83. The number of nitrogens with one attached hydrogen (secondary N) is 1. The van der Waals surface area contributed by atoms with E-state index in [0.717, 1.165) is 41.5 Å². The Morgan fingerprint density at radius 2 is 1.92 bits per heavy atom. The minimum Gasteiger partial charge on any atom is -0.376 e. The van der Waals surface area contributed by atoms with Crippen LogP contribution < -0.4 is 4.72 Å². The van der Waals surface area contributed by atoms with E-state index in [1.165, 1.54) is 7.11 Å². The molecule has 11 nitrogen and oxygen atoms in total. The number of sulfonamides is 1. The van der Waals surface area contributed by atoms with Crippen LogP contribution >= 0.6 is 0 Å². The van der Waals surface area contributed by atoms with Crippen molar-refractivity contribution >= 4 is 16.0 Å². The highest BCUT2D eigenvalue weighted by Crippen LogP contribution is 2.41. The number of hydrogen-bond acceptors (Lipinski definition) is 9. The number of rotatable bonds is 7. The molecular formula is C24H31N7O4S. The number of ether oxygens (including phenoxy) is 2. The molecule has 0 spiro atoms. The first kappa shape index (κ1) is 24.7. The molecule has 0 radical (unpaired) electrons. The van der Waals surface area contributed by atoms with Gasteiger partial charge in [-0.15, -0.1) is 10.2 Å². The molecule has 1 N–H and O–H groups in total. The monoisotopic (exact) mass is 513 g/mol. The van der Waals surface area contributed by atoms with Crippen molar-refractivity contribution in [3.8, 4) is 11.4 Å². The Bertz CT molecular complexity index is 1340. The second-order valence-corrected chi connectivity index (χ2v) is 11.5. The summed E-state index contributed by atoms with van der Waals surface area (Å²) in [5.41, 5.74) is 3.94. The molecule has 0 aromatic carbocycles. The molecule has 0 unspecified atom stereocenters. The van der Waals surface area contributed by atoms with Crippen LogP contribution in [0.2, 0.25) is 0 Å². The standard InChI is InChI=1S/C24H31N7O4S/c1-14-10-26-22(27-11-14)21(34-4)16(3)36(32,33)30-24-29-28-23-18-13-25-12-15(2)17(18)9-19(31(23)24)20-7-5-6-8-35-20/h10-13,16,19-21H,5-9H2,1-4H3,(H,29,30)/t16-,19+,20-,21-/m0/s1. The third kappa shape index (κ3) is 4.48. The Morgan fingerprint density at radius 3 is 2.61 bits per heavy atom. The summed E-state index contributed by atoms with van der Waals surface area (Å²) in [6.07, 6.45) is 9.60. The van der Waals surface area contributed by atoms with E-state index < -0.39 is 21.4 Å². The van der Waals surface area contributed by atoms with Crippen LogP contribution in [-0.2, 0) is 25.9 Å². The van der Waals surface area contributed by atoms with E-state index in [2.05, 4.69) is 29.9 Å². The quantitative estimate of drug-likeness (QED) is 0.506. The molecule has 3 aromatic rings. The maximum Gasteiger partial charge on any atom is 0.240 e. The number of aromatic nitrogens is 6. The van der Waals surface area contributed by atoms with Crippen LogP contribution in [-0.4, -0.2) is 63.2 Å². The van der Waals surface area contributed by atoms with Gasteiger partial charge in [0.2, 0.25) is 16.0 Å². The summed E-state index contributed by atoms with van der Waals surface area (Å²) in [4.78, 5) is 12.9. The fourth-order valence-corrected chi connectivity index (χ4v) is 6.16. The lowest BCUT2D eigenvalue weighted by atomic mass is 9.89. The molecule has 2 aliphatic rings. The van der Waals surface area contributed by atoms with Crippen LogP contribution in [0.5, 0.6) is 0 Å². The minimum atomic E-state index is -3.96. The second-order valence-electron chi connectivity index (χ2n) is 9.50. The number of methoxy groups -OCH3 is 1. The maximum absolute atomic E-state index is 13.5. The van der Waals surface area contributed by atoms with Crippen molar-refractivity contribution in [2.45, 2.75) is 70.0 Å². The summed E-state index contributed by atoms with van der Waals surface area (Å²) in [6, 6.07) is -0.143. The molecule has 12 heteroatoms. The summed E-state index contributed by atoms with van der Waals surface area (Å²) in [7, 11) is -2.51. The van der Waals surface area contributed by atoms with Gasteiger partial charge >= 0.3 is 0 Å². The lowest BCUT2D eigenvalue weighted by molar-refractivity contribution is -0.0166. The molecular weight excluding hydrogens is 482 g/mol. The summed E-state index contributed by atoms with van der Waals surface area (Å²) < 4.78 is 43.3. The van der Waals surface area contributed by atoms with Crippen LogP contribution in [0.15, 0.2) is 24.8 Å². The van der Waals surface area contributed by atoms with Crippen LogP contribution in [0.4, 0.5) is 5.95 Å². The average molecular weight is 514 g/mol. The van der Waals surface area contributed by atoms with Gasteiger partial charge in [0.05, 0.1) is 12.1 Å². The van der Waals surface area contributed by atoms with Crippen molar-refractivity contribution in [3.63, 3.8) is 0 Å². The molecule has 0 amide bonds. The highest BCUT2D eigenvalue weighted by atomic mass is 32.2. The van der Waals surface area contributed by atoms with Crippen molar-refractivity contribution in [2.75, 3.05) is 18.4 Å². The number of hydrogen-bond donors (Lipinski definition) is 1. The molecule has 0 bridgehead atoms. The summed E-state index contributed by atoms with van der Waals surface area (Å²) >= 11 is 0. The first-order chi connectivity index (χ1) is 17.3. The van der Waals surface area contributed by atoms with Gasteiger partial charge in [-0.3, -0.25) is 14.3 Å². The molecule has 192 valence electrons. The van der Waals surface area contributed by atoms with Gasteiger partial charge in [0, 0.05) is 44.1 Å². The van der Waals surface area contributed by atoms with Crippen LogP contribution in [0.1, 0.15) is 60.8 Å². The van der Waals surface area contributed by atoms with Crippen molar-refractivity contribution in [1.29, 1.82) is 0 Å². The van der Waals surface area contributed by atoms with Crippen LogP contribution in [0, 0.1) is 13.8 Å². The molecule has 5 heterocycles. The van der Waals surface area contributed by atoms with Crippen molar-refractivity contribution in [2.24, 2.45) is 0 Å². The molecule has 3 aromatic heterocycles. The van der Waals surface area contributed by atoms with E-state index in [0.29, 0.717) is 24.7 Å². The van der Waals surface area contributed by atoms with Gasteiger partial charge in [-0.25, -0.2) is 18.4 Å². The van der Waals surface area contributed by atoms with Gasteiger partial charge in [0.25, 0.3) is 0 Å². The smallest absolute Gasteiger partial charge is 0.240 e. The predicted octanol–water partition coefficient (Wildman–Crippen LogP) is 2.93. The highest BCUT2D eigenvalue weighted by molar-refractivity contribution is 7.93. The van der Waals surface area contributed by atoms with Gasteiger partial charge in [-0.2, -0.15) is 0 Å². The molecule has 36 heavy (non-hydrogen) atoms. The SMILES string of the molecule is CO[C@H](c1ncc(C)cn1)[C@H](C)S(=O)(=O)Nc1nnc2n1[C@@H]([C@@H]1CCCCO1)Cc1c(C)cncc1-2. The minimum absolute atomic E-state index is 0.0671. The average Bonchev–Trinajstić information content (AvgIpc) is 3.29. The van der Waals surface area contributed by atoms with Crippen molar-refractivity contribution < 1.29 is 17.9 Å². The van der Waals surface area contributed by atoms with E-state index in [-0.39, 0.29) is 18.1 Å². The molecule has 0 saturated carbocycles. The topological polar surface area (TPSA) is 134 Å². The Kier molecular flexibility index (Phi) is 6.75.